The van der Waals surface area contributed by atoms with Crippen LogP contribution < -0.4 is 0 Å². The van der Waals surface area contributed by atoms with Crippen LogP contribution in [-0.4, -0.2) is 4.98 Å². The highest BCUT2D eigenvalue weighted by Crippen LogP contribution is 2.24. The van der Waals surface area contributed by atoms with Crippen molar-refractivity contribution in [3.8, 4) is 0 Å². The summed E-state index contributed by atoms with van der Waals surface area (Å²) >= 11 is 3.50. The first-order valence-electron chi connectivity index (χ1n) is 9.25. The van der Waals surface area contributed by atoms with E-state index in [1.165, 1.54) is 52.4 Å². The molecule has 0 spiro atoms. The molecule has 2 aromatic carbocycles. The first kappa shape index (κ1) is 18.0. The van der Waals surface area contributed by atoms with Crippen molar-refractivity contribution in [2.24, 2.45) is 0 Å². The molecule has 0 radical (unpaired) electrons. The number of benzene rings is 2. The van der Waals surface area contributed by atoms with Gasteiger partial charge in [0.05, 0.1) is 0 Å². The Labute approximate surface area is 159 Å². The summed E-state index contributed by atoms with van der Waals surface area (Å²) in [6.07, 6.45) is 12.4. The lowest BCUT2D eigenvalue weighted by Crippen LogP contribution is -1.87. The lowest BCUT2D eigenvalue weighted by Gasteiger charge is -2.02. The molecule has 1 aromatic heterocycles. The Kier molecular flexibility index (Phi) is 6.14. The number of nitrogens with one attached hydrogen (secondary N) is 1. The van der Waals surface area contributed by atoms with Crippen molar-refractivity contribution in [1.82, 2.24) is 4.98 Å². The van der Waals surface area contributed by atoms with E-state index in [1.807, 2.05) is 6.20 Å². The van der Waals surface area contributed by atoms with Crippen molar-refractivity contribution in [3.05, 3.63) is 75.4 Å². The van der Waals surface area contributed by atoms with Crippen LogP contribution in [0.2, 0.25) is 0 Å². The van der Waals surface area contributed by atoms with Gasteiger partial charge in [-0.3, -0.25) is 0 Å². The Bertz CT molecular complexity index is 873. The number of fused-ring (bicyclic) bond motifs is 2. The molecule has 1 N–H and O–H groups in total. The minimum absolute atomic E-state index is 1.13. The van der Waals surface area contributed by atoms with E-state index in [9.17, 15) is 0 Å². The molecule has 0 aliphatic heterocycles. The average Bonchev–Trinajstić information content (AvgIpc) is 3.22. The van der Waals surface area contributed by atoms with E-state index < -0.39 is 0 Å². The maximum Gasteiger partial charge on any atom is 0.0468 e. The van der Waals surface area contributed by atoms with Gasteiger partial charge in [0.25, 0.3) is 0 Å². The monoisotopic (exact) mass is 395 g/mol. The minimum atomic E-state index is 1.13. The predicted molar refractivity (Wildman–Crippen MR) is 113 cm³/mol. The average molecular weight is 396 g/mol. The molecule has 1 aliphatic rings. The molecule has 1 nitrogen and oxygen atoms in total. The van der Waals surface area contributed by atoms with Gasteiger partial charge in [0.1, 0.15) is 0 Å². The lowest BCUT2D eigenvalue weighted by atomic mass is 10.0. The third-order valence-electron chi connectivity index (χ3n) is 4.62. The highest BCUT2D eigenvalue weighted by Gasteiger charge is 2.04. The van der Waals surface area contributed by atoms with Gasteiger partial charge in [0, 0.05) is 21.6 Å². The summed E-state index contributed by atoms with van der Waals surface area (Å²) in [5.41, 5.74) is 7.03. The van der Waals surface area contributed by atoms with Gasteiger partial charge in [0.2, 0.25) is 0 Å². The van der Waals surface area contributed by atoms with Crippen molar-refractivity contribution < 1.29 is 0 Å². The predicted octanol–water partition coefficient (Wildman–Crippen LogP) is 7.09. The Hall–Kier alpha value is -1.80. The summed E-state index contributed by atoms with van der Waals surface area (Å²) in [6.45, 7) is 4.43. The van der Waals surface area contributed by atoms with E-state index in [1.54, 1.807) is 0 Å². The summed E-state index contributed by atoms with van der Waals surface area (Å²) < 4.78 is 1.14. The maximum atomic E-state index is 3.50. The van der Waals surface area contributed by atoms with Gasteiger partial charge in [-0.25, -0.2) is 0 Å². The topological polar surface area (TPSA) is 15.8 Å². The molecule has 0 unspecified atom stereocenters. The minimum Gasteiger partial charge on any atom is -0.360 e. The lowest BCUT2D eigenvalue weighted by molar-refractivity contribution is 0.919. The van der Waals surface area contributed by atoms with Gasteiger partial charge in [0.15, 0.2) is 0 Å². The number of aromatic amines is 1. The van der Waals surface area contributed by atoms with E-state index in [-0.39, 0.29) is 0 Å². The Morgan fingerprint density at radius 2 is 1.68 bits per heavy atom. The molecule has 0 bridgehead atoms. The van der Waals surface area contributed by atoms with Crippen LogP contribution in [0.5, 0.6) is 0 Å². The fourth-order valence-electron chi connectivity index (χ4n) is 3.34. The zero-order chi connectivity index (χ0) is 17.6. The number of hydrogen-bond acceptors (Lipinski definition) is 0. The zero-order valence-corrected chi connectivity index (χ0v) is 16.7. The number of allylic oxidation sites excluding steroid dienone is 1. The molecular formula is C23H26BrN. The molecule has 1 aliphatic carbocycles. The quantitative estimate of drug-likeness (QED) is 0.484. The number of halogens is 1. The van der Waals surface area contributed by atoms with Gasteiger partial charge >= 0.3 is 0 Å². The Balaban J connectivity index is 0.000000146. The summed E-state index contributed by atoms with van der Waals surface area (Å²) in [6, 6.07) is 13.4. The highest BCUT2D eigenvalue weighted by molar-refractivity contribution is 9.10. The standard InChI is InChI=1S/C12H14.C11H12BrN/c1-2-4-10-7-8-11-5-3-6-12(11)9-10;1-2-3-8-4-5-9-10(12)7-13-11(9)6-8/h3,5,7-9H,2,4,6H2,1H3;4-7,13H,2-3H2,1H3. The zero-order valence-electron chi connectivity index (χ0n) is 15.1. The van der Waals surface area contributed by atoms with E-state index in [2.05, 4.69) is 83.3 Å². The van der Waals surface area contributed by atoms with Gasteiger partial charge in [-0.05, 0) is 63.5 Å². The highest BCUT2D eigenvalue weighted by atomic mass is 79.9. The first-order chi connectivity index (χ1) is 12.2. The molecular weight excluding hydrogens is 370 g/mol. The third kappa shape index (κ3) is 4.43. The second-order valence-electron chi connectivity index (χ2n) is 6.66. The smallest absolute Gasteiger partial charge is 0.0468 e. The van der Waals surface area contributed by atoms with Crippen LogP contribution in [0.3, 0.4) is 0 Å². The second kappa shape index (κ2) is 8.53. The number of H-pyrrole nitrogens is 1. The Morgan fingerprint density at radius 1 is 0.960 bits per heavy atom. The molecule has 2 heteroatoms. The molecule has 1 heterocycles. The number of aryl methyl sites for hydroxylation is 2. The fraction of sp³-hybridized carbons (Fsp3) is 0.304. The molecule has 0 saturated heterocycles. The Morgan fingerprint density at radius 3 is 2.44 bits per heavy atom. The van der Waals surface area contributed by atoms with Gasteiger partial charge in [-0.1, -0.05) is 69.2 Å². The van der Waals surface area contributed by atoms with Crippen LogP contribution >= 0.6 is 15.9 Å². The van der Waals surface area contributed by atoms with E-state index in [0.717, 1.165) is 17.3 Å². The fourth-order valence-corrected chi connectivity index (χ4v) is 3.80. The van der Waals surface area contributed by atoms with Crippen LogP contribution in [0.15, 0.2) is 53.1 Å². The maximum absolute atomic E-state index is 3.50. The molecule has 0 fully saturated rings. The molecule has 3 aromatic rings. The van der Waals surface area contributed by atoms with Crippen LogP contribution in [0, 0.1) is 0 Å². The first-order valence-corrected chi connectivity index (χ1v) is 10.0. The van der Waals surface area contributed by atoms with Crippen LogP contribution in [-0.2, 0) is 19.3 Å². The summed E-state index contributed by atoms with van der Waals surface area (Å²) in [4.78, 5) is 3.24. The van der Waals surface area contributed by atoms with E-state index in [4.69, 9.17) is 0 Å². The number of aromatic nitrogens is 1. The molecule has 0 saturated carbocycles. The number of rotatable bonds is 4. The van der Waals surface area contributed by atoms with Gasteiger partial charge in [-0.2, -0.15) is 0 Å². The summed E-state index contributed by atoms with van der Waals surface area (Å²) in [5, 5.41) is 1.26. The number of hydrogen-bond donors (Lipinski definition) is 1. The molecule has 4 rings (SSSR count). The second-order valence-corrected chi connectivity index (χ2v) is 7.51. The molecule has 130 valence electrons. The van der Waals surface area contributed by atoms with Crippen LogP contribution in [0.4, 0.5) is 0 Å². The normalized spacial score (nSPS) is 12.1. The SMILES string of the molecule is CCCc1ccc2c(Br)c[nH]c2c1.CCCc1ccc2c(c1)CC=C2. The molecule has 0 amide bonds. The van der Waals surface area contributed by atoms with Gasteiger partial charge < -0.3 is 4.98 Å². The van der Waals surface area contributed by atoms with E-state index in [0.29, 0.717) is 0 Å². The van der Waals surface area contributed by atoms with Crippen LogP contribution in [0.25, 0.3) is 17.0 Å². The molecule has 0 atom stereocenters. The largest absolute Gasteiger partial charge is 0.360 e. The van der Waals surface area contributed by atoms with Crippen molar-refractivity contribution in [1.29, 1.82) is 0 Å². The van der Waals surface area contributed by atoms with Crippen molar-refractivity contribution in [2.75, 3.05) is 0 Å². The van der Waals surface area contributed by atoms with E-state index >= 15 is 0 Å². The summed E-state index contributed by atoms with van der Waals surface area (Å²) in [7, 11) is 0. The van der Waals surface area contributed by atoms with Crippen molar-refractivity contribution in [3.63, 3.8) is 0 Å². The third-order valence-corrected chi connectivity index (χ3v) is 5.27. The summed E-state index contributed by atoms with van der Waals surface area (Å²) in [5.74, 6) is 0. The van der Waals surface area contributed by atoms with Crippen molar-refractivity contribution in [2.45, 2.75) is 46.0 Å². The van der Waals surface area contributed by atoms with Crippen LogP contribution in [0.1, 0.15) is 48.9 Å². The van der Waals surface area contributed by atoms with Gasteiger partial charge in [-0.15, -0.1) is 0 Å². The molecule has 25 heavy (non-hydrogen) atoms. The van der Waals surface area contributed by atoms with Crippen molar-refractivity contribution >= 4 is 32.9 Å².